The Balaban J connectivity index is 0.953. The lowest BCUT2D eigenvalue weighted by molar-refractivity contribution is -0.145. The van der Waals surface area contributed by atoms with Gasteiger partial charge in [-0.05, 0) is 82.8 Å². The third-order valence-electron chi connectivity index (χ3n) is 8.25. The third-order valence-corrected chi connectivity index (χ3v) is 9.09. The first-order valence-corrected chi connectivity index (χ1v) is 16.2. The highest BCUT2D eigenvalue weighted by Crippen LogP contribution is 2.32. The van der Waals surface area contributed by atoms with Crippen molar-refractivity contribution in [2.24, 2.45) is 5.92 Å². The van der Waals surface area contributed by atoms with Gasteiger partial charge in [0.2, 0.25) is 0 Å². The Labute approximate surface area is 283 Å². The fraction of sp³-hybridized carbons (Fsp3) is 0.103. The molecule has 6 nitrogen and oxygen atoms in total. The van der Waals surface area contributed by atoms with E-state index in [0.717, 1.165) is 10.9 Å². The predicted molar refractivity (Wildman–Crippen MR) is 185 cm³/mol. The number of carbonyl (C=O) groups is 3. The number of carbonyl (C=O) groups excluding carboxylic acids is 3. The number of rotatable bonds is 9. The minimum absolute atomic E-state index is 0.0899. The van der Waals surface area contributed by atoms with Gasteiger partial charge in [0.15, 0.2) is 11.6 Å². The molecule has 1 aliphatic rings. The molecule has 5 aromatic carbocycles. The van der Waals surface area contributed by atoms with Crippen LogP contribution in [0.1, 0.15) is 37.4 Å². The van der Waals surface area contributed by atoms with E-state index in [1.807, 2.05) is 42.5 Å². The van der Waals surface area contributed by atoms with E-state index in [2.05, 4.69) is 27.5 Å². The summed E-state index contributed by atoms with van der Waals surface area (Å²) in [6, 6.07) is 35.1. The number of ketones is 2. The zero-order valence-electron chi connectivity index (χ0n) is 25.0. The highest BCUT2D eigenvalue weighted by atomic mass is 127. The molecule has 0 spiro atoms. The van der Waals surface area contributed by atoms with Crippen molar-refractivity contribution in [2.45, 2.75) is 6.54 Å². The van der Waals surface area contributed by atoms with Crippen molar-refractivity contribution < 1.29 is 27.9 Å². The average Bonchev–Trinajstić information content (AvgIpc) is 3.50. The Morgan fingerprint density at radius 3 is 2.02 bits per heavy atom. The van der Waals surface area contributed by atoms with Crippen LogP contribution < -0.4 is 4.74 Å². The molecule has 0 aliphatic carbocycles. The van der Waals surface area contributed by atoms with Gasteiger partial charge < -0.3 is 9.15 Å². The molecule has 1 fully saturated rings. The summed E-state index contributed by atoms with van der Waals surface area (Å²) in [5.41, 5.74) is 3.93. The quantitative estimate of drug-likeness (QED) is 0.0644. The summed E-state index contributed by atoms with van der Waals surface area (Å²) < 4.78 is 27.6. The normalized spacial score (nSPS) is 13.3. The van der Waals surface area contributed by atoms with E-state index in [1.165, 1.54) is 6.07 Å². The SMILES string of the molecule is O=C(c1ccccc1)c1ccc(OC(=O)C2CN(Cc3ccc(-c4cc5cc(C(=O)c6ccccc6)ccc5o4)c(F)c3)C2)c(I)c1. The Hall–Kier alpha value is -4.93. The van der Waals surface area contributed by atoms with Gasteiger partial charge in [-0.2, -0.15) is 0 Å². The molecule has 232 valence electrons. The zero-order valence-corrected chi connectivity index (χ0v) is 27.1. The van der Waals surface area contributed by atoms with Crippen LogP contribution in [0.2, 0.25) is 0 Å². The molecule has 2 heterocycles. The number of hydrogen-bond acceptors (Lipinski definition) is 6. The number of esters is 1. The summed E-state index contributed by atoms with van der Waals surface area (Å²) in [6.07, 6.45) is 0. The minimum Gasteiger partial charge on any atom is -0.456 e. The number of ether oxygens (including phenoxy) is 1. The maximum Gasteiger partial charge on any atom is 0.316 e. The molecule has 6 aromatic rings. The van der Waals surface area contributed by atoms with Crippen LogP contribution in [0.15, 0.2) is 126 Å². The van der Waals surface area contributed by atoms with Crippen molar-refractivity contribution in [3.63, 3.8) is 0 Å². The molecular weight excluding hydrogens is 708 g/mol. The zero-order chi connectivity index (χ0) is 32.5. The van der Waals surface area contributed by atoms with Crippen molar-refractivity contribution >= 4 is 51.1 Å². The Morgan fingerprint density at radius 1 is 0.745 bits per heavy atom. The Kier molecular flexibility index (Phi) is 8.53. The molecule has 0 amide bonds. The first kappa shape index (κ1) is 30.7. The van der Waals surface area contributed by atoms with E-state index in [4.69, 9.17) is 9.15 Å². The summed E-state index contributed by atoms with van der Waals surface area (Å²) in [5.74, 6) is -0.427. The lowest BCUT2D eigenvalue weighted by atomic mass is 9.99. The molecule has 0 saturated carbocycles. The third kappa shape index (κ3) is 6.52. The van der Waals surface area contributed by atoms with Gasteiger partial charge in [0.25, 0.3) is 0 Å². The first-order chi connectivity index (χ1) is 22.8. The summed E-state index contributed by atoms with van der Waals surface area (Å²) in [4.78, 5) is 40.5. The molecule has 0 unspecified atom stereocenters. The maximum atomic E-state index is 15.3. The average molecular weight is 736 g/mol. The maximum absolute atomic E-state index is 15.3. The van der Waals surface area contributed by atoms with Crippen molar-refractivity contribution in [2.75, 3.05) is 13.1 Å². The van der Waals surface area contributed by atoms with E-state index in [-0.39, 0.29) is 23.5 Å². The number of likely N-dealkylation sites (tertiary alicyclic amines) is 1. The van der Waals surface area contributed by atoms with E-state index >= 15 is 4.39 Å². The van der Waals surface area contributed by atoms with Crippen LogP contribution in [-0.4, -0.2) is 35.5 Å². The molecule has 0 N–H and O–H groups in total. The summed E-state index contributed by atoms with van der Waals surface area (Å²) in [6.45, 7) is 1.48. The van der Waals surface area contributed by atoms with Crippen LogP contribution in [-0.2, 0) is 11.3 Å². The largest absolute Gasteiger partial charge is 0.456 e. The summed E-state index contributed by atoms with van der Waals surface area (Å²) >= 11 is 2.07. The number of furan rings is 1. The fourth-order valence-corrected chi connectivity index (χ4v) is 6.33. The van der Waals surface area contributed by atoms with Crippen LogP contribution in [0.5, 0.6) is 5.75 Å². The summed E-state index contributed by atoms with van der Waals surface area (Å²) in [7, 11) is 0. The first-order valence-electron chi connectivity index (χ1n) is 15.1. The number of benzene rings is 5. The number of halogens is 2. The lowest BCUT2D eigenvalue weighted by Gasteiger charge is -2.37. The van der Waals surface area contributed by atoms with Gasteiger partial charge in [0.1, 0.15) is 22.9 Å². The second kappa shape index (κ2) is 13.1. The van der Waals surface area contributed by atoms with Gasteiger partial charge >= 0.3 is 5.97 Å². The highest BCUT2D eigenvalue weighted by molar-refractivity contribution is 14.1. The van der Waals surface area contributed by atoms with E-state index in [1.54, 1.807) is 72.8 Å². The van der Waals surface area contributed by atoms with Crippen molar-refractivity contribution in [3.8, 4) is 17.1 Å². The van der Waals surface area contributed by atoms with Gasteiger partial charge in [-0.3, -0.25) is 19.3 Å². The molecule has 8 heteroatoms. The molecule has 0 radical (unpaired) electrons. The van der Waals surface area contributed by atoms with Crippen molar-refractivity contribution in [3.05, 3.63) is 159 Å². The minimum atomic E-state index is -0.414. The van der Waals surface area contributed by atoms with E-state index < -0.39 is 5.82 Å². The number of hydrogen-bond donors (Lipinski definition) is 0. The van der Waals surface area contributed by atoms with Crippen LogP contribution in [0.25, 0.3) is 22.3 Å². The van der Waals surface area contributed by atoms with E-state index in [9.17, 15) is 14.4 Å². The summed E-state index contributed by atoms with van der Waals surface area (Å²) in [5, 5.41) is 0.718. The lowest BCUT2D eigenvalue weighted by Crippen LogP contribution is -2.50. The molecule has 7 rings (SSSR count). The van der Waals surface area contributed by atoms with Crippen molar-refractivity contribution in [1.29, 1.82) is 0 Å². The molecule has 0 atom stereocenters. The Bertz CT molecular complexity index is 2140. The van der Waals surface area contributed by atoms with Gasteiger partial charge in [0, 0.05) is 47.3 Å². The van der Waals surface area contributed by atoms with Crippen LogP contribution in [0, 0.1) is 15.3 Å². The number of fused-ring (bicyclic) bond motifs is 1. The topological polar surface area (TPSA) is 76.8 Å². The molecule has 0 bridgehead atoms. The molecule has 1 saturated heterocycles. The van der Waals surface area contributed by atoms with Gasteiger partial charge in [-0.1, -0.05) is 66.7 Å². The Morgan fingerprint density at radius 2 is 1.38 bits per heavy atom. The number of nitrogens with zero attached hydrogens (tertiary/aromatic N) is 1. The standard InChI is InChI=1S/C39H27FINO5/c40-32-17-24(11-14-31(32)36-20-29-18-27(12-15-34(29)46-36)37(43)25-7-3-1-4-8-25)21-42-22-30(23-42)39(45)47-35-16-13-28(19-33(35)41)38(44)26-9-5-2-6-10-26/h1-20,30H,21-23H2. The van der Waals surface area contributed by atoms with Gasteiger partial charge in [-0.15, -0.1) is 0 Å². The van der Waals surface area contributed by atoms with Crippen LogP contribution in [0.3, 0.4) is 0 Å². The fourth-order valence-electron chi connectivity index (χ4n) is 5.71. The van der Waals surface area contributed by atoms with E-state index in [0.29, 0.717) is 68.1 Å². The second-order valence-electron chi connectivity index (χ2n) is 11.5. The molecule has 1 aliphatic heterocycles. The second-order valence-corrected chi connectivity index (χ2v) is 12.7. The molecular formula is C39H27FINO5. The highest BCUT2D eigenvalue weighted by Gasteiger charge is 2.34. The molecule has 47 heavy (non-hydrogen) atoms. The molecule has 1 aromatic heterocycles. The van der Waals surface area contributed by atoms with Crippen LogP contribution in [0.4, 0.5) is 4.39 Å². The van der Waals surface area contributed by atoms with Crippen LogP contribution >= 0.6 is 22.6 Å². The van der Waals surface area contributed by atoms with Crippen molar-refractivity contribution in [1.82, 2.24) is 4.90 Å². The predicted octanol–water partition coefficient (Wildman–Crippen LogP) is 8.34. The van der Waals surface area contributed by atoms with Gasteiger partial charge in [0.05, 0.1) is 15.1 Å². The monoisotopic (exact) mass is 735 g/mol. The van der Waals surface area contributed by atoms with Gasteiger partial charge in [-0.25, -0.2) is 4.39 Å². The smallest absolute Gasteiger partial charge is 0.316 e.